The van der Waals surface area contributed by atoms with Gasteiger partial charge < -0.3 is 9.47 Å². The quantitative estimate of drug-likeness (QED) is 0.598. The molecule has 1 aliphatic rings. The zero-order valence-electron chi connectivity index (χ0n) is 7.24. The van der Waals surface area contributed by atoms with Crippen molar-refractivity contribution in [3.63, 3.8) is 0 Å². The molecule has 0 N–H and O–H groups in total. The van der Waals surface area contributed by atoms with Crippen LogP contribution in [0.5, 0.6) is 0 Å². The molecule has 0 aromatic carbocycles. The Kier molecular flexibility index (Phi) is 2.91. The maximum Gasteiger partial charge on any atom is 0.293 e. The van der Waals surface area contributed by atoms with Crippen LogP contribution < -0.4 is 0 Å². The topological polar surface area (TPSA) is 35.5 Å². The standard InChI is InChI=1S/C9H12O3/c1-7-5-8(12-6-10)3-4-9(7)11-2/h3-4,6,8H,5H2,1-2H3. The molecule has 0 saturated carbocycles. The molecule has 1 atom stereocenters. The van der Waals surface area contributed by atoms with Crippen LogP contribution in [-0.2, 0) is 14.3 Å². The van der Waals surface area contributed by atoms with Crippen LogP contribution in [0.15, 0.2) is 23.5 Å². The van der Waals surface area contributed by atoms with Gasteiger partial charge in [0.2, 0.25) is 0 Å². The van der Waals surface area contributed by atoms with Crippen LogP contribution in [0.3, 0.4) is 0 Å². The first-order valence-electron chi connectivity index (χ1n) is 3.79. The molecule has 3 nitrogen and oxygen atoms in total. The second kappa shape index (κ2) is 3.95. The van der Waals surface area contributed by atoms with Gasteiger partial charge in [0, 0.05) is 6.42 Å². The minimum Gasteiger partial charge on any atom is -0.497 e. The molecule has 0 aromatic heterocycles. The molecular weight excluding hydrogens is 156 g/mol. The molecule has 0 spiro atoms. The first-order valence-corrected chi connectivity index (χ1v) is 3.79. The summed E-state index contributed by atoms with van der Waals surface area (Å²) in [5.74, 6) is 0.862. The number of ether oxygens (including phenoxy) is 2. The van der Waals surface area contributed by atoms with Gasteiger partial charge in [-0.15, -0.1) is 0 Å². The molecule has 1 rings (SSSR count). The van der Waals surface area contributed by atoms with E-state index in [1.54, 1.807) is 7.11 Å². The average molecular weight is 168 g/mol. The van der Waals surface area contributed by atoms with E-state index in [1.165, 1.54) is 0 Å². The molecule has 66 valence electrons. The Labute approximate surface area is 71.7 Å². The number of allylic oxidation sites excluding steroid dienone is 1. The average Bonchev–Trinajstić information content (AvgIpc) is 2.05. The Morgan fingerprint density at radius 1 is 1.67 bits per heavy atom. The van der Waals surface area contributed by atoms with Gasteiger partial charge in [0.15, 0.2) is 0 Å². The minimum atomic E-state index is -0.124. The van der Waals surface area contributed by atoms with Crippen LogP contribution in [0.1, 0.15) is 13.3 Å². The molecule has 0 bridgehead atoms. The van der Waals surface area contributed by atoms with E-state index in [9.17, 15) is 4.79 Å². The van der Waals surface area contributed by atoms with Gasteiger partial charge in [-0.2, -0.15) is 0 Å². The molecule has 0 amide bonds. The van der Waals surface area contributed by atoms with Crippen LogP contribution in [0.4, 0.5) is 0 Å². The molecule has 0 fully saturated rings. The Morgan fingerprint density at radius 2 is 2.42 bits per heavy atom. The summed E-state index contributed by atoms with van der Waals surface area (Å²) in [6, 6.07) is 0. The Morgan fingerprint density at radius 3 is 2.92 bits per heavy atom. The van der Waals surface area contributed by atoms with Gasteiger partial charge >= 0.3 is 0 Å². The fourth-order valence-corrected chi connectivity index (χ4v) is 1.21. The van der Waals surface area contributed by atoms with Crippen molar-refractivity contribution in [2.45, 2.75) is 19.4 Å². The van der Waals surface area contributed by atoms with Crippen molar-refractivity contribution in [2.24, 2.45) is 0 Å². The summed E-state index contributed by atoms with van der Waals surface area (Å²) in [5, 5.41) is 0. The highest BCUT2D eigenvalue weighted by molar-refractivity contribution is 5.39. The van der Waals surface area contributed by atoms with Gasteiger partial charge in [0.25, 0.3) is 6.47 Å². The monoisotopic (exact) mass is 168 g/mol. The maximum absolute atomic E-state index is 10.0. The lowest BCUT2D eigenvalue weighted by molar-refractivity contribution is -0.131. The van der Waals surface area contributed by atoms with E-state index in [2.05, 4.69) is 0 Å². The van der Waals surface area contributed by atoms with Gasteiger partial charge in [0.1, 0.15) is 11.9 Å². The number of methoxy groups -OCH3 is 1. The van der Waals surface area contributed by atoms with Crippen molar-refractivity contribution in [3.8, 4) is 0 Å². The van der Waals surface area contributed by atoms with Gasteiger partial charge in [-0.05, 0) is 24.6 Å². The third-order valence-electron chi connectivity index (χ3n) is 1.84. The van der Waals surface area contributed by atoms with E-state index < -0.39 is 0 Å². The van der Waals surface area contributed by atoms with Crippen molar-refractivity contribution < 1.29 is 14.3 Å². The number of rotatable bonds is 3. The lowest BCUT2D eigenvalue weighted by atomic mass is 10.0. The van der Waals surface area contributed by atoms with E-state index >= 15 is 0 Å². The van der Waals surface area contributed by atoms with Gasteiger partial charge in [0.05, 0.1) is 7.11 Å². The summed E-state index contributed by atoms with van der Waals surface area (Å²) in [6.45, 7) is 2.43. The normalized spacial score (nSPS) is 22.3. The van der Waals surface area contributed by atoms with Gasteiger partial charge in [-0.25, -0.2) is 0 Å². The van der Waals surface area contributed by atoms with Crippen molar-refractivity contribution >= 4 is 6.47 Å². The van der Waals surface area contributed by atoms with E-state index in [-0.39, 0.29) is 6.10 Å². The summed E-state index contributed by atoms with van der Waals surface area (Å²) < 4.78 is 9.87. The third kappa shape index (κ3) is 1.87. The highest BCUT2D eigenvalue weighted by atomic mass is 16.5. The van der Waals surface area contributed by atoms with Crippen molar-refractivity contribution in [3.05, 3.63) is 23.5 Å². The second-order valence-electron chi connectivity index (χ2n) is 2.68. The SMILES string of the molecule is COC1=C(C)CC(OC=O)C=C1. The highest BCUT2D eigenvalue weighted by Gasteiger charge is 2.13. The number of hydrogen-bond acceptors (Lipinski definition) is 3. The molecule has 1 aliphatic carbocycles. The lowest BCUT2D eigenvalue weighted by Crippen LogP contribution is -2.13. The van der Waals surface area contributed by atoms with Gasteiger partial charge in [-0.1, -0.05) is 0 Å². The molecule has 0 aliphatic heterocycles. The van der Waals surface area contributed by atoms with Gasteiger partial charge in [-0.3, -0.25) is 4.79 Å². The molecule has 0 aromatic rings. The van der Waals surface area contributed by atoms with Crippen LogP contribution >= 0.6 is 0 Å². The van der Waals surface area contributed by atoms with E-state index in [4.69, 9.17) is 9.47 Å². The summed E-state index contributed by atoms with van der Waals surface area (Å²) in [6.07, 6.45) is 4.24. The predicted molar refractivity (Wildman–Crippen MR) is 44.4 cm³/mol. The van der Waals surface area contributed by atoms with E-state index in [0.29, 0.717) is 6.47 Å². The van der Waals surface area contributed by atoms with E-state index in [1.807, 2.05) is 19.1 Å². The molecule has 12 heavy (non-hydrogen) atoms. The summed E-state index contributed by atoms with van der Waals surface area (Å²) in [4.78, 5) is 10.0. The van der Waals surface area contributed by atoms with E-state index in [0.717, 1.165) is 17.8 Å². The van der Waals surface area contributed by atoms with Crippen LogP contribution in [0.2, 0.25) is 0 Å². The summed E-state index contributed by atoms with van der Waals surface area (Å²) in [5.41, 5.74) is 1.10. The Hall–Kier alpha value is -1.25. The molecule has 0 saturated heterocycles. The number of carbonyl (C=O) groups is 1. The van der Waals surface area contributed by atoms with Crippen molar-refractivity contribution in [1.82, 2.24) is 0 Å². The molecule has 0 heterocycles. The highest BCUT2D eigenvalue weighted by Crippen LogP contribution is 2.20. The summed E-state index contributed by atoms with van der Waals surface area (Å²) >= 11 is 0. The first kappa shape index (κ1) is 8.84. The lowest BCUT2D eigenvalue weighted by Gasteiger charge is -2.17. The Balaban J connectivity index is 2.61. The largest absolute Gasteiger partial charge is 0.497 e. The zero-order chi connectivity index (χ0) is 8.97. The maximum atomic E-state index is 10.0. The fourth-order valence-electron chi connectivity index (χ4n) is 1.21. The minimum absolute atomic E-state index is 0.124. The third-order valence-corrected chi connectivity index (χ3v) is 1.84. The Bertz CT molecular complexity index is 228. The summed E-state index contributed by atoms with van der Waals surface area (Å²) in [7, 11) is 1.63. The fraction of sp³-hybridized carbons (Fsp3) is 0.444. The number of hydrogen-bond donors (Lipinski definition) is 0. The zero-order valence-corrected chi connectivity index (χ0v) is 7.24. The van der Waals surface area contributed by atoms with Crippen LogP contribution in [0.25, 0.3) is 0 Å². The smallest absolute Gasteiger partial charge is 0.293 e. The van der Waals surface area contributed by atoms with Crippen molar-refractivity contribution in [2.75, 3.05) is 7.11 Å². The van der Waals surface area contributed by atoms with Crippen LogP contribution in [-0.4, -0.2) is 19.7 Å². The van der Waals surface area contributed by atoms with Crippen LogP contribution in [0, 0.1) is 0 Å². The molecule has 3 heteroatoms. The second-order valence-corrected chi connectivity index (χ2v) is 2.68. The predicted octanol–water partition coefficient (Wildman–Crippen LogP) is 1.41. The van der Waals surface area contributed by atoms with Crippen molar-refractivity contribution in [1.29, 1.82) is 0 Å². The molecule has 1 unspecified atom stereocenters. The molecular formula is C9H12O3. The number of carbonyl (C=O) groups excluding carboxylic acids is 1. The molecule has 0 radical (unpaired) electrons. The first-order chi connectivity index (χ1) is 5.77.